The van der Waals surface area contributed by atoms with E-state index in [4.69, 9.17) is 4.74 Å². The van der Waals surface area contributed by atoms with Gasteiger partial charge in [-0.05, 0) is 57.0 Å². The van der Waals surface area contributed by atoms with Crippen LogP contribution in [0.3, 0.4) is 0 Å². The van der Waals surface area contributed by atoms with E-state index in [1.54, 1.807) is 45.0 Å². The standard InChI is InChI=1S/C23H26F2N2O4/c1-14(21(29)26-13-15-9-17(24)12-18(25)10-15)22(30)27-19-8-6-5-7-16(19)11-20(28)31-23(2,3)4/h5-10,12,14H,11,13H2,1-4H3,(H,26,29)(H,27,30). The number of carbonyl (C=O) groups excluding carboxylic acids is 3. The van der Waals surface area contributed by atoms with Crippen molar-refractivity contribution in [2.45, 2.75) is 46.3 Å². The summed E-state index contributed by atoms with van der Waals surface area (Å²) < 4.78 is 31.8. The minimum atomic E-state index is -1.08. The molecule has 0 aliphatic rings. The molecule has 0 aromatic heterocycles. The lowest BCUT2D eigenvalue weighted by molar-refractivity contribution is -0.154. The van der Waals surface area contributed by atoms with Gasteiger partial charge in [-0.3, -0.25) is 14.4 Å². The number of carbonyl (C=O) groups is 3. The maximum Gasteiger partial charge on any atom is 0.310 e. The topological polar surface area (TPSA) is 84.5 Å². The number of halogens is 2. The Balaban J connectivity index is 1.99. The summed E-state index contributed by atoms with van der Waals surface area (Å²) in [4.78, 5) is 37.0. The van der Waals surface area contributed by atoms with Gasteiger partial charge in [-0.15, -0.1) is 0 Å². The molecule has 1 unspecified atom stereocenters. The number of esters is 1. The number of para-hydroxylation sites is 1. The van der Waals surface area contributed by atoms with Gasteiger partial charge in [0.25, 0.3) is 0 Å². The van der Waals surface area contributed by atoms with Crippen molar-refractivity contribution < 1.29 is 27.9 Å². The molecule has 0 spiro atoms. The summed E-state index contributed by atoms with van der Waals surface area (Å²) in [7, 11) is 0. The van der Waals surface area contributed by atoms with E-state index in [2.05, 4.69) is 10.6 Å². The van der Waals surface area contributed by atoms with Crippen molar-refractivity contribution >= 4 is 23.5 Å². The molecule has 0 saturated carbocycles. The van der Waals surface area contributed by atoms with Crippen LogP contribution >= 0.6 is 0 Å². The molecule has 0 aliphatic carbocycles. The maximum atomic E-state index is 13.3. The Labute approximate surface area is 180 Å². The van der Waals surface area contributed by atoms with Crippen molar-refractivity contribution in [1.82, 2.24) is 5.32 Å². The van der Waals surface area contributed by atoms with Crippen LogP contribution in [-0.2, 0) is 32.1 Å². The Bertz CT molecular complexity index is 950. The first kappa shape index (κ1) is 24.0. The smallest absolute Gasteiger partial charge is 0.310 e. The molecule has 2 aromatic rings. The average Bonchev–Trinajstić information content (AvgIpc) is 2.64. The van der Waals surface area contributed by atoms with Crippen LogP contribution < -0.4 is 10.6 Å². The van der Waals surface area contributed by atoms with Crippen LogP contribution in [0.15, 0.2) is 42.5 Å². The summed E-state index contributed by atoms with van der Waals surface area (Å²) in [6.07, 6.45) is -0.0422. The highest BCUT2D eigenvalue weighted by molar-refractivity contribution is 6.06. The first-order valence-electron chi connectivity index (χ1n) is 9.78. The zero-order valence-electron chi connectivity index (χ0n) is 17.9. The molecular formula is C23H26F2N2O4. The molecule has 2 rings (SSSR count). The van der Waals surface area contributed by atoms with E-state index in [1.807, 2.05) is 0 Å². The molecule has 1 atom stereocenters. The average molecular weight is 432 g/mol. The minimum Gasteiger partial charge on any atom is -0.460 e. The van der Waals surface area contributed by atoms with Gasteiger partial charge in [0.1, 0.15) is 23.2 Å². The van der Waals surface area contributed by atoms with Crippen LogP contribution in [0.1, 0.15) is 38.8 Å². The van der Waals surface area contributed by atoms with Crippen LogP contribution in [0.4, 0.5) is 14.5 Å². The summed E-state index contributed by atoms with van der Waals surface area (Å²) in [5.74, 6) is -4.21. The van der Waals surface area contributed by atoms with E-state index in [0.29, 0.717) is 11.3 Å². The van der Waals surface area contributed by atoms with Crippen LogP contribution in [0, 0.1) is 17.6 Å². The van der Waals surface area contributed by atoms with Gasteiger partial charge < -0.3 is 15.4 Å². The Morgan fingerprint density at radius 1 is 1.00 bits per heavy atom. The fourth-order valence-electron chi connectivity index (χ4n) is 2.74. The molecular weight excluding hydrogens is 406 g/mol. The number of hydrogen-bond donors (Lipinski definition) is 2. The second-order valence-corrected chi connectivity index (χ2v) is 8.13. The molecule has 0 saturated heterocycles. The summed E-state index contributed by atoms with van der Waals surface area (Å²) in [6, 6.07) is 9.65. The molecule has 0 fully saturated rings. The summed E-state index contributed by atoms with van der Waals surface area (Å²) >= 11 is 0. The molecule has 2 N–H and O–H groups in total. The van der Waals surface area contributed by atoms with E-state index < -0.39 is 40.9 Å². The number of nitrogens with one attached hydrogen (secondary N) is 2. The second-order valence-electron chi connectivity index (χ2n) is 8.13. The molecule has 6 nitrogen and oxygen atoms in total. The first-order valence-corrected chi connectivity index (χ1v) is 9.78. The lowest BCUT2D eigenvalue weighted by Gasteiger charge is -2.20. The lowest BCUT2D eigenvalue weighted by Crippen LogP contribution is -2.36. The Hall–Kier alpha value is -3.29. The van der Waals surface area contributed by atoms with Crippen molar-refractivity contribution in [1.29, 1.82) is 0 Å². The SMILES string of the molecule is CC(C(=O)NCc1cc(F)cc(F)c1)C(=O)Nc1ccccc1CC(=O)OC(C)(C)C. The van der Waals surface area contributed by atoms with Gasteiger partial charge >= 0.3 is 5.97 Å². The highest BCUT2D eigenvalue weighted by Gasteiger charge is 2.23. The first-order chi connectivity index (χ1) is 14.4. The molecule has 8 heteroatoms. The largest absolute Gasteiger partial charge is 0.460 e. The zero-order chi connectivity index (χ0) is 23.2. The predicted octanol–water partition coefficient (Wildman–Crippen LogP) is 3.74. The highest BCUT2D eigenvalue weighted by Crippen LogP contribution is 2.19. The number of hydrogen-bond acceptors (Lipinski definition) is 4. The Kier molecular flexibility index (Phi) is 7.85. The van der Waals surface area contributed by atoms with Gasteiger partial charge in [0, 0.05) is 18.3 Å². The van der Waals surface area contributed by atoms with E-state index in [-0.39, 0.29) is 18.5 Å². The number of benzene rings is 2. The summed E-state index contributed by atoms with van der Waals surface area (Å²) in [6.45, 7) is 6.57. The lowest BCUT2D eigenvalue weighted by atomic mass is 10.1. The van der Waals surface area contributed by atoms with Crippen LogP contribution in [0.2, 0.25) is 0 Å². The molecule has 166 valence electrons. The highest BCUT2D eigenvalue weighted by atomic mass is 19.1. The van der Waals surface area contributed by atoms with Crippen molar-refractivity contribution in [2.24, 2.45) is 5.92 Å². The molecule has 0 radical (unpaired) electrons. The van der Waals surface area contributed by atoms with Crippen molar-refractivity contribution in [2.75, 3.05) is 5.32 Å². The monoisotopic (exact) mass is 432 g/mol. The van der Waals surface area contributed by atoms with Gasteiger partial charge in [0.2, 0.25) is 11.8 Å². The van der Waals surface area contributed by atoms with E-state index in [0.717, 1.165) is 18.2 Å². The maximum absolute atomic E-state index is 13.3. The second kappa shape index (κ2) is 10.1. The van der Waals surface area contributed by atoms with Crippen LogP contribution in [0.25, 0.3) is 0 Å². The Morgan fingerprint density at radius 2 is 1.61 bits per heavy atom. The van der Waals surface area contributed by atoms with Gasteiger partial charge in [-0.2, -0.15) is 0 Å². The predicted molar refractivity (Wildman–Crippen MR) is 112 cm³/mol. The van der Waals surface area contributed by atoms with E-state index in [9.17, 15) is 23.2 Å². The fourth-order valence-corrected chi connectivity index (χ4v) is 2.74. The summed E-state index contributed by atoms with van der Waals surface area (Å²) in [5.41, 5.74) is 0.547. The summed E-state index contributed by atoms with van der Waals surface area (Å²) in [5, 5.41) is 5.13. The molecule has 0 aliphatic heterocycles. The third-order valence-corrected chi connectivity index (χ3v) is 4.21. The number of anilines is 1. The van der Waals surface area contributed by atoms with Crippen molar-refractivity contribution in [3.63, 3.8) is 0 Å². The van der Waals surface area contributed by atoms with Crippen LogP contribution in [0.5, 0.6) is 0 Å². The van der Waals surface area contributed by atoms with Crippen molar-refractivity contribution in [3.05, 3.63) is 65.2 Å². The zero-order valence-corrected chi connectivity index (χ0v) is 17.9. The molecule has 0 heterocycles. The van der Waals surface area contributed by atoms with Gasteiger partial charge in [0.05, 0.1) is 6.42 Å². The molecule has 31 heavy (non-hydrogen) atoms. The number of ether oxygens (including phenoxy) is 1. The van der Waals surface area contributed by atoms with E-state index >= 15 is 0 Å². The van der Waals surface area contributed by atoms with Crippen LogP contribution in [-0.4, -0.2) is 23.4 Å². The Morgan fingerprint density at radius 3 is 2.23 bits per heavy atom. The normalized spacial score (nSPS) is 12.1. The molecule has 2 amide bonds. The minimum absolute atomic E-state index is 0.0422. The quantitative estimate of drug-likeness (QED) is 0.516. The molecule has 2 aromatic carbocycles. The van der Waals surface area contributed by atoms with Crippen molar-refractivity contribution in [3.8, 4) is 0 Å². The fraction of sp³-hybridized carbons (Fsp3) is 0.348. The molecule has 0 bridgehead atoms. The number of amides is 2. The number of rotatable bonds is 7. The third kappa shape index (κ3) is 7.81. The van der Waals surface area contributed by atoms with E-state index in [1.165, 1.54) is 6.92 Å². The van der Waals surface area contributed by atoms with Gasteiger partial charge in [-0.1, -0.05) is 18.2 Å². The third-order valence-electron chi connectivity index (χ3n) is 4.21. The van der Waals surface area contributed by atoms with Gasteiger partial charge in [0.15, 0.2) is 0 Å². The van der Waals surface area contributed by atoms with Gasteiger partial charge in [-0.25, -0.2) is 8.78 Å².